The third-order valence-corrected chi connectivity index (χ3v) is 3.75. The summed E-state index contributed by atoms with van der Waals surface area (Å²) in [5.41, 5.74) is 2.01. The van der Waals surface area contributed by atoms with Gasteiger partial charge in [0.05, 0.1) is 22.4 Å². The van der Waals surface area contributed by atoms with Crippen molar-refractivity contribution in [3.8, 4) is 0 Å². The van der Waals surface area contributed by atoms with Gasteiger partial charge in [0.15, 0.2) is 0 Å². The number of rotatable bonds is 3. The predicted octanol–water partition coefficient (Wildman–Crippen LogP) is 3.03. The van der Waals surface area contributed by atoms with Gasteiger partial charge in [-0.3, -0.25) is 0 Å². The Morgan fingerprint density at radius 1 is 1.18 bits per heavy atom. The molecule has 0 saturated heterocycles. The third kappa shape index (κ3) is 2.79. The molecule has 5 heteroatoms. The summed E-state index contributed by atoms with van der Waals surface area (Å²) < 4.78 is 0. The normalized spacial score (nSPS) is 12.5. The average Bonchev–Trinajstić information content (AvgIpc) is 2.61. The highest BCUT2D eigenvalue weighted by atomic mass is 32.1. The van der Waals surface area contributed by atoms with Gasteiger partial charge in [0.1, 0.15) is 5.82 Å². The number of nitrogens with zero attached hydrogens (tertiary/aromatic N) is 3. The summed E-state index contributed by atoms with van der Waals surface area (Å²) in [4.78, 5) is 5.68. The summed E-state index contributed by atoms with van der Waals surface area (Å²) in [7, 11) is 0. The number of anilines is 1. The molecule has 2 rings (SSSR count). The van der Waals surface area contributed by atoms with E-state index in [-0.39, 0.29) is 6.04 Å². The van der Waals surface area contributed by atoms with E-state index >= 15 is 0 Å². The minimum Gasteiger partial charge on any atom is -0.361 e. The van der Waals surface area contributed by atoms with E-state index in [1.165, 1.54) is 4.88 Å². The monoisotopic (exact) mass is 248 g/mol. The summed E-state index contributed by atoms with van der Waals surface area (Å²) in [6.07, 6.45) is 0. The molecule has 0 aromatic carbocycles. The van der Waals surface area contributed by atoms with E-state index < -0.39 is 0 Å². The fourth-order valence-corrected chi connectivity index (χ4v) is 2.64. The van der Waals surface area contributed by atoms with Crippen molar-refractivity contribution in [2.75, 3.05) is 5.32 Å². The Labute approximate surface area is 105 Å². The van der Waals surface area contributed by atoms with Crippen molar-refractivity contribution < 1.29 is 0 Å². The van der Waals surface area contributed by atoms with Gasteiger partial charge in [-0.25, -0.2) is 4.98 Å². The van der Waals surface area contributed by atoms with Crippen LogP contribution in [0.2, 0.25) is 0 Å². The number of hydrogen-bond donors (Lipinski definition) is 1. The topological polar surface area (TPSA) is 50.7 Å². The molecule has 1 atom stereocenters. The Hall–Kier alpha value is -1.49. The van der Waals surface area contributed by atoms with Crippen LogP contribution >= 0.6 is 11.3 Å². The highest BCUT2D eigenvalue weighted by Gasteiger charge is 2.13. The first-order valence-corrected chi connectivity index (χ1v) is 6.38. The summed E-state index contributed by atoms with van der Waals surface area (Å²) in [5, 5.41) is 12.6. The molecule has 1 N–H and O–H groups in total. The molecule has 4 nitrogen and oxygen atoms in total. The van der Waals surface area contributed by atoms with Crippen LogP contribution in [0.15, 0.2) is 12.1 Å². The van der Waals surface area contributed by atoms with Gasteiger partial charge in [-0.1, -0.05) is 0 Å². The maximum Gasteiger partial charge on any atom is 0.149 e. The van der Waals surface area contributed by atoms with E-state index in [2.05, 4.69) is 27.4 Å². The zero-order valence-corrected chi connectivity index (χ0v) is 11.3. The van der Waals surface area contributed by atoms with Crippen molar-refractivity contribution in [2.24, 2.45) is 0 Å². The summed E-state index contributed by atoms with van der Waals surface area (Å²) in [5.74, 6) is 0.800. The molecule has 0 aliphatic rings. The van der Waals surface area contributed by atoms with Gasteiger partial charge in [0.2, 0.25) is 0 Å². The second kappa shape index (κ2) is 4.79. The molecular weight excluding hydrogens is 232 g/mol. The lowest BCUT2D eigenvalue weighted by molar-refractivity contribution is 0.860. The molecule has 0 amide bonds. The lowest BCUT2D eigenvalue weighted by atomic mass is 10.2. The zero-order valence-electron chi connectivity index (χ0n) is 10.5. The molecule has 0 spiro atoms. The van der Waals surface area contributed by atoms with Gasteiger partial charge in [-0.15, -0.1) is 16.4 Å². The molecular formula is C12H16N4S. The molecule has 0 aliphatic carbocycles. The zero-order chi connectivity index (χ0) is 12.4. The van der Waals surface area contributed by atoms with Gasteiger partial charge in [-0.2, -0.15) is 5.10 Å². The molecule has 0 bridgehead atoms. The van der Waals surface area contributed by atoms with Crippen molar-refractivity contribution in [1.29, 1.82) is 0 Å². The smallest absolute Gasteiger partial charge is 0.149 e. The Kier molecular flexibility index (Phi) is 3.38. The first kappa shape index (κ1) is 12.0. The van der Waals surface area contributed by atoms with Gasteiger partial charge in [0.25, 0.3) is 0 Å². The SMILES string of the molecule is Cc1ccc(NC(C)c2sc(C)nc2C)nn1. The Morgan fingerprint density at radius 2 is 1.94 bits per heavy atom. The van der Waals surface area contributed by atoms with Crippen LogP contribution in [0.5, 0.6) is 0 Å². The quantitative estimate of drug-likeness (QED) is 0.907. The minimum atomic E-state index is 0.207. The lowest BCUT2D eigenvalue weighted by Crippen LogP contribution is -2.08. The number of thiazole rings is 1. The minimum absolute atomic E-state index is 0.207. The van der Waals surface area contributed by atoms with Crippen LogP contribution in [0.4, 0.5) is 5.82 Å². The van der Waals surface area contributed by atoms with Crippen molar-refractivity contribution in [1.82, 2.24) is 15.2 Å². The number of hydrogen-bond acceptors (Lipinski definition) is 5. The number of nitrogens with one attached hydrogen (secondary N) is 1. The van der Waals surface area contributed by atoms with Crippen LogP contribution in [0, 0.1) is 20.8 Å². The van der Waals surface area contributed by atoms with Crippen LogP contribution in [0.3, 0.4) is 0 Å². The lowest BCUT2D eigenvalue weighted by Gasteiger charge is -2.12. The van der Waals surface area contributed by atoms with Gasteiger partial charge < -0.3 is 5.32 Å². The van der Waals surface area contributed by atoms with E-state index in [1.54, 1.807) is 11.3 Å². The predicted molar refractivity (Wildman–Crippen MR) is 70.4 cm³/mol. The standard InChI is InChI=1S/C12H16N4S/c1-7-5-6-11(16-15-7)14-9(3)12-8(2)13-10(4)17-12/h5-6,9H,1-4H3,(H,14,16). The molecule has 2 heterocycles. The third-order valence-electron chi connectivity index (χ3n) is 2.49. The van der Waals surface area contributed by atoms with E-state index in [1.807, 2.05) is 32.9 Å². The number of aryl methyl sites for hydroxylation is 3. The van der Waals surface area contributed by atoms with Gasteiger partial charge in [0, 0.05) is 4.88 Å². The average molecular weight is 248 g/mol. The first-order valence-electron chi connectivity index (χ1n) is 5.57. The van der Waals surface area contributed by atoms with Crippen LogP contribution in [0.25, 0.3) is 0 Å². The van der Waals surface area contributed by atoms with Crippen molar-refractivity contribution in [2.45, 2.75) is 33.7 Å². The molecule has 0 radical (unpaired) electrons. The maximum atomic E-state index is 4.43. The Morgan fingerprint density at radius 3 is 2.47 bits per heavy atom. The summed E-state index contributed by atoms with van der Waals surface area (Å²) >= 11 is 1.72. The van der Waals surface area contributed by atoms with Gasteiger partial charge in [-0.05, 0) is 39.8 Å². The molecule has 1 unspecified atom stereocenters. The van der Waals surface area contributed by atoms with Crippen molar-refractivity contribution >= 4 is 17.2 Å². The maximum absolute atomic E-state index is 4.43. The van der Waals surface area contributed by atoms with Crippen molar-refractivity contribution in [3.05, 3.63) is 33.4 Å². The van der Waals surface area contributed by atoms with E-state index in [0.717, 1.165) is 22.2 Å². The Balaban J connectivity index is 2.14. The van der Waals surface area contributed by atoms with Gasteiger partial charge >= 0.3 is 0 Å². The highest BCUT2D eigenvalue weighted by Crippen LogP contribution is 2.26. The van der Waals surface area contributed by atoms with Crippen molar-refractivity contribution in [3.63, 3.8) is 0 Å². The van der Waals surface area contributed by atoms with Crippen LogP contribution < -0.4 is 5.32 Å². The largest absolute Gasteiger partial charge is 0.361 e. The van der Waals surface area contributed by atoms with Crippen LogP contribution in [-0.2, 0) is 0 Å². The second-order valence-corrected chi connectivity index (χ2v) is 5.34. The summed E-state index contributed by atoms with van der Waals surface area (Å²) in [6, 6.07) is 4.10. The number of aromatic nitrogens is 3. The van der Waals surface area contributed by atoms with E-state index in [0.29, 0.717) is 0 Å². The molecule has 0 fully saturated rings. The Bertz CT molecular complexity index is 504. The fraction of sp³-hybridized carbons (Fsp3) is 0.417. The second-order valence-electron chi connectivity index (χ2n) is 4.11. The molecule has 2 aromatic rings. The van der Waals surface area contributed by atoms with Crippen LogP contribution in [-0.4, -0.2) is 15.2 Å². The fourth-order valence-electron chi connectivity index (χ4n) is 1.71. The highest BCUT2D eigenvalue weighted by molar-refractivity contribution is 7.11. The molecule has 0 saturated carbocycles. The van der Waals surface area contributed by atoms with E-state index in [4.69, 9.17) is 0 Å². The molecule has 17 heavy (non-hydrogen) atoms. The molecule has 0 aliphatic heterocycles. The molecule has 90 valence electrons. The first-order chi connectivity index (χ1) is 8.06. The summed E-state index contributed by atoms with van der Waals surface area (Å²) in [6.45, 7) is 8.11. The molecule has 2 aromatic heterocycles. The van der Waals surface area contributed by atoms with E-state index in [9.17, 15) is 0 Å². The van der Waals surface area contributed by atoms with Crippen LogP contribution in [0.1, 0.15) is 34.2 Å².